The lowest BCUT2D eigenvalue weighted by molar-refractivity contribution is -0.116. The van der Waals surface area contributed by atoms with Crippen LogP contribution in [0.4, 0.5) is 5.69 Å². The van der Waals surface area contributed by atoms with Gasteiger partial charge in [-0.2, -0.15) is 0 Å². The van der Waals surface area contributed by atoms with E-state index in [1.54, 1.807) is 55.5 Å². The van der Waals surface area contributed by atoms with Gasteiger partial charge in [-0.25, -0.2) is 4.98 Å². The molecule has 0 saturated heterocycles. The van der Waals surface area contributed by atoms with Crippen LogP contribution in [0.2, 0.25) is 0 Å². The van der Waals surface area contributed by atoms with Crippen LogP contribution in [-0.2, 0) is 4.79 Å². The van der Waals surface area contributed by atoms with Crippen molar-refractivity contribution < 1.29 is 14.3 Å². The molecule has 3 rings (SSSR count). The van der Waals surface area contributed by atoms with Gasteiger partial charge in [-0.3, -0.25) is 4.79 Å². The van der Waals surface area contributed by atoms with Crippen molar-refractivity contribution in [2.24, 2.45) is 0 Å². The van der Waals surface area contributed by atoms with Crippen LogP contribution in [0.25, 0.3) is 10.2 Å². The van der Waals surface area contributed by atoms with Crippen molar-refractivity contribution in [1.82, 2.24) is 4.98 Å². The molecule has 0 aliphatic carbocycles. The van der Waals surface area contributed by atoms with E-state index in [1.165, 1.54) is 4.70 Å². The van der Waals surface area contributed by atoms with Crippen LogP contribution in [0.3, 0.4) is 0 Å². The van der Waals surface area contributed by atoms with E-state index in [2.05, 4.69) is 16.4 Å². The Labute approximate surface area is 160 Å². The Morgan fingerprint density at radius 2 is 1.88 bits per heavy atom. The second-order valence-electron chi connectivity index (χ2n) is 5.55. The van der Waals surface area contributed by atoms with E-state index in [1.807, 2.05) is 18.2 Å². The lowest BCUT2D eigenvalue weighted by Crippen LogP contribution is -2.11. The molecule has 7 heteroatoms. The molecule has 136 valence electrons. The maximum Gasteiger partial charge on any atom is 0.224 e. The van der Waals surface area contributed by atoms with Crippen molar-refractivity contribution in [2.75, 3.05) is 25.3 Å². The summed E-state index contributed by atoms with van der Waals surface area (Å²) in [7, 11) is 3.17. The zero-order valence-electron chi connectivity index (χ0n) is 14.7. The summed E-state index contributed by atoms with van der Waals surface area (Å²) in [5.41, 5.74) is 1.70. The second kappa shape index (κ2) is 8.91. The number of methoxy groups -OCH3 is 2. The lowest BCUT2D eigenvalue weighted by Gasteiger charge is -2.09. The highest BCUT2D eigenvalue weighted by Gasteiger charge is 2.08. The normalized spacial score (nSPS) is 10.7. The van der Waals surface area contributed by atoms with Crippen LogP contribution in [-0.4, -0.2) is 30.9 Å². The van der Waals surface area contributed by atoms with E-state index in [4.69, 9.17) is 9.47 Å². The summed E-state index contributed by atoms with van der Waals surface area (Å²) in [5.74, 6) is 2.12. The topological polar surface area (TPSA) is 60.5 Å². The van der Waals surface area contributed by atoms with Crippen LogP contribution in [0.5, 0.6) is 11.5 Å². The molecule has 3 aromatic rings. The number of carbonyl (C=O) groups is 1. The molecule has 0 radical (unpaired) electrons. The van der Waals surface area contributed by atoms with Gasteiger partial charge in [-0.05, 0) is 18.6 Å². The number of benzene rings is 2. The summed E-state index contributed by atoms with van der Waals surface area (Å²) in [6.07, 6.45) is 1.24. The van der Waals surface area contributed by atoms with E-state index < -0.39 is 0 Å². The molecule has 1 heterocycles. The Balaban J connectivity index is 1.47. The number of hydrogen-bond acceptors (Lipinski definition) is 6. The number of nitrogens with one attached hydrogen (secondary N) is 1. The fourth-order valence-electron chi connectivity index (χ4n) is 2.41. The monoisotopic (exact) mass is 388 g/mol. The Kier molecular flexibility index (Phi) is 6.35. The summed E-state index contributed by atoms with van der Waals surface area (Å²) < 4.78 is 12.7. The third kappa shape index (κ3) is 4.89. The van der Waals surface area contributed by atoms with Gasteiger partial charge in [0.15, 0.2) is 4.34 Å². The highest BCUT2D eigenvalue weighted by molar-refractivity contribution is 8.01. The van der Waals surface area contributed by atoms with Crippen molar-refractivity contribution in [3.05, 3.63) is 42.5 Å². The fourth-order valence-corrected chi connectivity index (χ4v) is 4.49. The molecule has 0 aliphatic rings. The molecule has 26 heavy (non-hydrogen) atoms. The number of rotatable bonds is 8. The molecule has 0 spiro atoms. The van der Waals surface area contributed by atoms with Gasteiger partial charge in [0.25, 0.3) is 0 Å². The fraction of sp³-hybridized carbons (Fsp3) is 0.263. The van der Waals surface area contributed by atoms with Gasteiger partial charge in [0.05, 0.1) is 24.4 Å². The van der Waals surface area contributed by atoms with Crippen LogP contribution in [0, 0.1) is 0 Å². The SMILES string of the molecule is COc1cc(NC(=O)CCCSc2nc3ccccc3s2)cc(OC)c1. The van der Waals surface area contributed by atoms with Gasteiger partial charge in [0.2, 0.25) is 5.91 Å². The number of ether oxygens (including phenoxy) is 2. The number of para-hydroxylation sites is 1. The summed E-state index contributed by atoms with van der Waals surface area (Å²) >= 11 is 3.38. The number of fused-ring (bicyclic) bond motifs is 1. The van der Waals surface area contributed by atoms with Crippen molar-refractivity contribution in [1.29, 1.82) is 0 Å². The first-order valence-corrected chi connectivity index (χ1v) is 9.99. The number of carbonyl (C=O) groups excluding carboxylic acids is 1. The highest BCUT2D eigenvalue weighted by atomic mass is 32.2. The van der Waals surface area contributed by atoms with Crippen molar-refractivity contribution in [2.45, 2.75) is 17.2 Å². The summed E-state index contributed by atoms with van der Waals surface area (Å²) in [4.78, 5) is 16.7. The third-order valence-corrected chi connectivity index (χ3v) is 5.95. The largest absolute Gasteiger partial charge is 0.497 e. The predicted molar refractivity (Wildman–Crippen MR) is 108 cm³/mol. The van der Waals surface area contributed by atoms with Gasteiger partial charge in [0.1, 0.15) is 11.5 Å². The van der Waals surface area contributed by atoms with Gasteiger partial charge >= 0.3 is 0 Å². The molecule has 1 aromatic heterocycles. The molecule has 0 fully saturated rings. The molecular formula is C19H20N2O3S2. The maximum absolute atomic E-state index is 12.1. The molecular weight excluding hydrogens is 368 g/mol. The molecule has 0 atom stereocenters. The smallest absolute Gasteiger partial charge is 0.224 e. The maximum atomic E-state index is 12.1. The molecule has 1 N–H and O–H groups in total. The number of anilines is 1. The molecule has 0 unspecified atom stereocenters. The number of nitrogens with zero attached hydrogens (tertiary/aromatic N) is 1. The Morgan fingerprint density at radius 3 is 2.58 bits per heavy atom. The first-order chi connectivity index (χ1) is 12.7. The summed E-state index contributed by atoms with van der Waals surface area (Å²) in [6.45, 7) is 0. The highest BCUT2D eigenvalue weighted by Crippen LogP contribution is 2.30. The van der Waals surface area contributed by atoms with Crippen LogP contribution in [0.15, 0.2) is 46.8 Å². The van der Waals surface area contributed by atoms with E-state index in [9.17, 15) is 4.79 Å². The van der Waals surface area contributed by atoms with E-state index >= 15 is 0 Å². The van der Waals surface area contributed by atoms with E-state index in [-0.39, 0.29) is 5.91 Å². The molecule has 1 amide bonds. The number of aromatic nitrogens is 1. The molecule has 5 nitrogen and oxygen atoms in total. The number of thioether (sulfide) groups is 1. The Hall–Kier alpha value is -2.25. The molecule has 2 aromatic carbocycles. The molecule has 0 saturated carbocycles. The Morgan fingerprint density at radius 1 is 1.15 bits per heavy atom. The minimum absolute atomic E-state index is 0.0230. The van der Waals surface area contributed by atoms with Gasteiger partial charge in [-0.15, -0.1) is 11.3 Å². The van der Waals surface area contributed by atoms with Gasteiger partial charge in [-0.1, -0.05) is 23.9 Å². The lowest BCUT2D eigenvalue weighted by atomic mass is 10.2. The van der Waals surface area contributed by atoms with Gasteiger partial charge in [0, 0.05) is 36.1 Å². The van der Waals surface area contributed by atoms with Crippen molar-refractivity contribution >= 4 is 44.9 Å². The molecule has 0 aliphatic heterocycles. The zero-order chi connectivity index (χ0) is 18.4. The van der Waals surface area contributed by atoms with Crippen LogP contribution >= 0.6 is 23.1 Å². The minimum Gasteiger partial charge on any atom is -0.497 e. The van der Waals surface area contributed by atoms with Crippen molar-refractivity contribution in [3.63, 3.8) is 0 Å². The summed E-state index contributed by atoms with van der Waals surface area (Å²) in [5, 5.41) is 2.89. The zero-order valence-corrected chi connectivity index (χ0v) is 16.3. The number of thiazole rings is 1. The average molecular weight is 389 g/mol. The van der Waals surface area contributed by atoms with Gasteiger partial charge < -0.3 is 14.8 Å². The minimum atomic E-state index is -0.0230. The number of hydrogen-bond donors (Lipinski definition) is 1. The van der Waals surface area contributed by atoms with Crippen molar-refractivity contribution in [3.8, 4) is 11.5 Å². The molecule has 0 bridgehead atoms. The predicted octanol–water partition coefficient (Wildman–Crippen LogP) is 4.82. The Bertz CT molecular complexity index is 840. The quantitative estimate of drug-likeness (QED) is 0.443. The van der Waals surface area contributed by atoms with E-state index in [0.717, 1.165) is 22.0 Å². The first kappa shape index (κ1) is 18.5. The summed E-state index contributed by atoms with van der Waals surface area (Å²) in [6, 6.07) is 13.4. The first-order valence-electron chi connectivity index (χ1n) is 8.19. The van der Waals surface area contributed by atoms with E-state index in [0.29, 0.717) is 23.6 Å². The number of amides is 1. The third-order valence-electron chi connectivity index (χ3n) is 3.68. The average Bonchev–Trinajstić information content (AvgIpc) is 3.07. The standard InChI is InChI=1S/C19H20N2O3S2/c1-23-14-10-13(11-15(12-14)24-2)20-18(22)8-5-9-25-19-21-16-6-3-4-7-17(16)26-19/h3-4,6-7,10-12H,5,8-9H2,1-2H3,(H,20,22). The van der Waals surface area contributed by atoms with Crippen LogP contribution < -0.4 is 14.8 Å². The second-order valence-corrected chi connectivity index (χ2v) is 7.92. The van der Waals surface area contributed by atoms with Crippen LogP contribution in [0.1, 0.15) is 12.8 Å².